The van der Waals surface area contributed by atoms with Gasteiger partial charge in [0.25, 0.3) is 0 Å². The average molecular weight is 139 g/mol. The Morgan fingerprint density at radius 1 is 1.60 bits per heavy atom. The van der Waals surface area contributed by atoms with E-state index in [4.69, 9.17) is 10.5 Å². The number of ether oxygens (including phenoxy) is 1. The molecular formula is C6H9N3O. The minimum absolute atomic E-state index is 0.393. The molecule has 0 atom stereocenters. The molecule has 0 spiro atoms. The van der Waals surface area contributed by atoms with Crippen LogP contribution in [0.3, 0.4) is 0 Å². The van der Waals surface area contributed by atoms with Crippen molar-refractivity contribution in [3.63, 3.8) is 0 Å². The van der Waals surface area contributed by atoms with Crippen LogP contribution in [0.4, 0.5) is 0 Å². The lowest BCUT2D eigenvalue weighted by Gasteiger charge is -1.98. The van der Waals surface area contributed by atoms with Gasteiger partial charge in [-0.15, -0.1) is 0 Å². The lowest BCUT2D eigenvalue weighted by Crippen LogP contribution is -2.01. The Hall–Kier alpha value is -1.16. The van der Waals surface area contributed by atoms with E-state index in [1.165, 1.54) is 0 Å². The molecule has 0 unspecified atom stereocenters. The van der Waals surface area contributed by atoms with Crippen molar-refractivity contribution in [2.45, 2.75) is 6.54 Å². The smallest absolute Gasteiger partial charge is 0.232 e. The predicted molar refractivity (Wildman–Crippen MR) is 36.5 cm³/mol. The van der Waals surface area contributed by atoms with Crippen LogP contribution in [0.25, 0.3) is 0 Å². The van der Waals surface area contributed by atoms with Crippen molar-refractivity contribution in [2.24, 2.45) is 5.73 Å². The molecule has 0 bridgehead atoms. The molecule has 1 heterocycles. The minimum atomic E-state index is 0.393. The molecule has 54 valence electrons. The Labute approximate surface area is 59.1 Å². The zero-order chi connectivity index (χ0) is 7.40. The zero-order valence-electron chi connectivity index (χ0n) is 5.74. The van der Waals surface area contributed by atoms with Gasteiger partial charge >= 0.3 is 0 Å². The largest absolute Gasteiger partial charge is 0.480 e. The highest BCUT2D eigenvalue weighted by Gasteiger charge is 1.93. The summed E-state index contributed by atoms with van der Waals surface area (Å²) < 4.78 is 4.83. The van der Waals surface area contributed by atoms with E-state index in [1.807, 2.05) is 0 Å². The van der Waals surface area contributed by atoms with Gasteiger partial charge in [-0.25, -0.2) is 4.98 Å². The van der Waals surface area contributed by atoms with Gasteiger partial charge in [0.2, 0.25) is 5.88 Å². The molecule has 4 heteroatoms. The van der Waals surface area contributed by atoms with Gasteiger partial charge in [-0.3, -0.25) is 4.98 Å². The normalized spacial score (nSPS) is 9.40. The average Bonchev–Trinajstić information content (AvgIpc) is 2.05. The third-order valence-corrected chi connectivity index (χ3v) is 1.08. The number of nitrogens with zero attached hydrogens (tertiary/aromatic N) is 2. The van der Waals surface area contributed by atoms with E-state index >= 15 is 0 Å². The van der Waals surface area contributed by atoms with Gasteiger partial charge < -0.3 is 10.5 Å². The summed E-state index contributed by atoms with van der Waals surface area (Å²) in [5.74, 6) is 0.503. The molecule has 2 N–H and O–H groups in total. The summed E-state index contributed by atoms with van der Waals surface area (Å²) in [4.78, 5) is 7.86. The Kier molecular flexibility index (Phi) is 2.17. The molecule has 0 saturated heterocycles. The Bertz CT molecular complexity index is 195. The van der Waals surface area contributed by atoms with Crippen LogP contribution in [0, 0.1) is 0 Å². The van der Waals surface area contributed by atoms with Crippen molar-refractivity contribution < 1.29 is 4.74 Å². The van der Waals surface area contributed by atoms with Crippen LogP contribution in [0.1, 0.15) is 5.69 Å². The zero-order valence-corrected chi connectivity index (χ0v) is 5.74. The molecule has 0 aliphatic carbocycles. The van der Waals surface area contributed by atoms with Crippen LogP contribution >= 0.6 is 0 Å². The lowest BCUT2D eigenvalue weighted by molar-refractivity contribution is 0.394. The molecule has 0 aromatic carbocycles. The van der Waals surface area contributed by atoms with Crippen molar-refractivity contribution >= 4 is 0 Å². The first-order valence-corrected chi connectivity index (χ1v) is 2.92. The summed E-state index contributed by atoms with van der Waals surface area (Å²) in [6.45, 7) is 0.393. The molecule has 10 heavy (non-hydrogen) atoms. The van der Waals surface area contributed by atoms with E-state index in [2.05, 4.69) is 9.97 Å². The van der Waals surface area contributed by atoms with Crippen molar-refractivity contribution in [1.82, 2.24) is 9.97 Å². The van der Waals surface area contributed by atoms with Crippen molar-refractivity contribution in [3.8, 4) is 5.88 Å². The standard InChI is InChI=1S/C6H9N3O/c1-10-6-4-8-3-5(2-7)9-6/h3-4H,2,7H2,1H3. The van der Waals surface area contributed by atoms with Crippen molar-refractivity contribution in [2.75, 3.05) is 7.11 Å². The third-order valence-electron chi connectivity index (χ3n) is 1.08. The maximum atomic E-state index is 5.32. The fourth-order valence-corrected chi connectivity index (χ4v) is 0.583. The number of hydrogen-bond donors (Lipinski definition) is 1. The molecule has 0 saturated carbocycles. The first-order valence-electron chi connectivity index (χ1n) is 2.92. The van der Waals surface area contributed by atoms with Crippen LogP contribution in [0.5, 0.6) is 5.88 Å². The van der Waals surface area contributed by atoms with Gasteiger partial charge in [0, 0.05) is 12.7 Å². The molecule has 0 aliphatic rings. The van der Waals surface area contributed by atoms with E-state index < -0.39 is 0 Å². The maximum Gasteiger partial charge on any atom is 0.232 e. The highest BCUT2D eigenvalue weighted by Crippen LogP contribution is 2.01. The monoisotopic (exact) mass is 139 g/mol. The fourth-order valence-electron chi connectivity index (χ4n) is 0.583. The number of aromatic nitrogens is 2. The first-order chi connectivity index (χ1) is 4.86. The molecule has 0 amide bonds. The Balaban J connectivity index is 2.87. The van der Waals surface area contributed by atoms with Crippen LogP contribution in [0.15, 0.2) is 12.4 Å². The Morgan fingerprint density at radius 2 is 2.40 bits per heavy atom. The summed E-state index contributed by atoms with van der Waals surface area (Å²) in [6.07, 6.45) is 3.15. The number of rotatable bonds is 2. The van der Waals surface area contributed by atoms with Gasteiger partial charge in [-0.1, -0.05) is 0 Å². The summed E-state index contributed by atoms with van der Waals surface area (Å²) in [5, 5.41) is 0. The van der Waals surface area contributed by atoms with Crippen LogP contribution in [0.2, 0.25) is 0 Å². The van der Waals surface area contributed by atoms with E-state index in [-0.39, 0.29) is 0 Å². The summed E-state index contributed by atoms with van der Waals surface area (Å²) in [6, 6.07) is 0. The van der Waals surface area contributed by atoms with Crippen LogP contribution in [-0.2, 0) is 6.54 Å². The molecule has 1 rings (SSSR count). The predicted octanol–water partition coefficient (Wildman–Crippen LogP) is -0.0561. The highest BCUT2D eigenvalue weighted by atomic mass is 16.5. The summed E-state index contributed by atoms with van der Waals surface area (Å²) in [7, 11) is 1.55. The second kappa shape index (κ2) is 3.12. The van der Waals surface area contributed by atoms with E-state index in [0.717, 1.165) is 5.69 Å². The van der Waals surface area contributed by atoms with E-state index in [0.29, 0.717) is 12.4 Å². The van der Waals surface area contributed by atoms with Crippen LogP contribution in [-0.4, -0.2) is 17.1 Å². The molecule has 1 aromatic heterocycles. The topological polar surface area (TPSA) is 61.0 Å². The SMILES string of the molecule is COc1cncc(CN)n1. The molecule has 0 radical (unpaired) electrons. The van der Waals surface area contributed by atoms with E-state index in [9.17, 15) is 0 Å². The van der Waals surface area contributed by atoms with Crippen molar-refractivity contribution in [3.05, 3.63) is 18.1 Å². The third kappa shape index (κ3) is 1.41. The van der Waals surface area contributed by atoms with Gasteiger partial charge in [0.05, 0.1) is 19.0 Å². The van der Waals surface area contributed by atoms with Gasteiger partial charge in [0.1, 0.15) is 0 Å². The van der Waals surface area contributed by atoms with Gasteiger partial charge in [0.15, 0.2) is 0 Å². The molecule has 4 nitrogen and oxygen atoms in total. The lowest BCUT2D eigenvalue weighted by atomic mass is 10.5. The number of methoxy groups -OCH3 is 1. The summed E-state index contributed by atoms with van der Waals surface area (Å²) >= 11 is 0. The van der Waals surface area contributed by atoms with Gasteiger partial charge in [-0.2, -0.15) is 0 Å². The highest BCUT2D eigenvalue weighted by molar-refractivity contribution is 5.07. The number of nitrogens with two attached hydrogens (primary N) is 1. The minimum Gasteiger partial charge on any atom is -0.480 e. The van der Waals surface area contributed by atoms with Crippen LogP contribution < -0.4 is 10.5 Å². The molecule has 0 fully saturated rings. The fraction of sp³-hybridized carbons (Fsp3) is 0.333. The second-order valence-electron chi connectivity index (χ2n) is 1.76. The molecule has 1 aromatic rings. The first kappa shape index (κ1) is 6.95. The summed E-state index contributed by atoms with van der Waals surface area (Å²) in [5.41, 5.74) is 6.05. The second-order valence-corrected chi connectivity index (χ2v) is 1.76. The van der Waals surface area contributed by atoms with Crippen molar-refractivity contribution in [1.29, 1.82) is 0 Å². The molecule has 0 aliphatic heterocycles. The van der Waals surface area contributed by atoms with Gasteiger partial charge in [-0.05, 0) is 0 Å². The molecular weight excluding hydrogens is 130 g/mol. The number of hydrogen-bond acceptors (Lipinski definition) is 4. The maximum absolute atomic E-state index is 5.32. The van der Waals surface area contributed by atoms with E-state index in [1.54, 1.807) is 19.5 Å². The quantitative estimate of drug-likeness (QED) is 0.623. The Morgan fingerprint density at radius 3 is 3.00 bits per heavy atom.